The van der Waals surface area contributed by atoms with E-state index in [1.807, 2.05) is 0 Å². The second-order valence-corrected chi connectivity index (χ2v) is 4.10. The normalized spacial score (nSPS) is 27.1. The summed E-state index contributed by atoms with van der Waals surface area (Å²) in [7, 11) is 1.47. The summed E-state index contributed by atoms with van der Waals surface area (Å²) < 4.78 is 0. The van der Waals surface area contributed by atoms with Crippen molar-refractivity contribution in [2.24, 2.45) is 11.3 Å². The monoisotopic (exact) mass is 171 g/mol. The topological polar surface area (TPSA) is 38.3 Å². The molecule has 12 heavy (non-hydrogen) atoms. The standard InChI is InChI=1S/C9H17NO2/c1-9(2)6-4-5-7(9)8(11)10-12-3/h7H,4-6H2,1-3H3,(H,10,11). The predicted octanol–water partition coefficient (Wildman–Crippen LogP) is 1.49. The van der Waals surface area contributed by atoms with Crippen LogP contribution in [0.25, 0.3) is 0 Å². The molecule has 0 saturated heterocycles. The molecule has 3 nitrogen and oxygen atoms in total. The van der Waals surface area contributed by atoms with Crippen LogP contribution in [0.5, 0.6) is 0 Å². The van der Waals surface area contributed by atoms with Crippen molar-refractivity contribution < 1.29 is 9.63 Å². The van der Waals surface area contributed by atoms with Crippen molar-refractivity contribution in [1.29, 1.82) is 0 Å². The van der Waals surface area contributed by atoms with Gasteiger partial charge in [-0.1, -0.05) is 20.3 Å². The molecule has 1 atom stereocenters. The lowest BCUT2D eigenvalue weighted by Gasteiger charge is -2.25. The first-order valence-electron chi connectivity index (χ1n) is 4.41. The molecular weight excluding hydrogens is 154 g/mol. The number of nitrogens with one attached hydrogen (secondary N) is 1. The zero-order valence-corrected chi connectivity index (χ0v) is 8.02. The first-order chi connectivity index (χ1) is 5.58. The average molecular weight is 171 g/mol. The van der Waals surface area contributed by atoms with Crippen LogP contribution in [0.4, 0.5) is 0 Å². The number of hydroxylamine groups is 1. The van der Waals surface area contributed by atoms with Crippen molar-refractivity contribution in [2.75, 3.05) is 7.11 Å². The van der Waals surface area contributed by atoms with Gasteiger partial charge in [-0.05, 0) is 18.3 Å². The van der Waals surface area contributed by atoms with Gasteiger partial charge in [0.2, 0.25) is 5.91 Å². The van der Waals surface area contributed by atoms with Gasteiger partial charge in [0.1, 0.15) is 0 Å². The summed E-state index contributed by atoms with van der Waals surface area (Å²) in [5, 5.41) is 0. The highest BCUT2D eigenvalue weighted by atomic mass is 16.6. The van der Waals surface area contributed by atoms with E-state index in [1.54, 1.807) is 0 Å². The van der Waals surface area contributed by atoms with E-state index in [0.717, 1.165) is 19.3 Å². The van der Waals surface area contributed by atoms with Crippen molar-refractivity contribution >= 4 is 5.91 Å². The van der Waals surface area contributed by atoms with Crippen LogP contribution < -0.4 is 5.48 Å². The van der Waals surface area contributed by atoms with Gasteiger partial charge in [0.05, 0.1) is 7.11 Å². The Morgan fingerprint density at radius 3 is 2.67 bits per heavy atom. The molecule has 0 spiro atoms. The molecule has 1 N–H and O–H groups in total. The van der Waals surface area contributed by atoms with Crippen molar-refractivity contribution in [3.63, 3.8) is 0 Å². The smallest absolute Gasteiger partial charge is 0.247 e. The van der Waals surface area contributed by atoms with Crippen LogP contribution in [0.1, 0.15) is 33.1 Å². The second-order valence-electron chi connectivity index (χ2n) is 4.10. The maximum absolute atomic E-state index is 11.4. The van der Waals surface area contributed by atoms with Crippen LogP contribution in [0.15, 0.2) is 0 Å². The summed E-state index contributed by atoms with van der Waals surface area (Å²) in [5.41, 5.74) is 2.55. The summed E-state index contributed by atoms with van der Waals surface area (Å²) >= 11 is 0. The molecule has 3 heteroatoms. The quantitative estimate of drug-likeness (QED) is 0.639. The van der Waals surface area contributed by atoms with Gasteiger partial charge in [-0.3, -0.25) is 9.63 Å². The van der Waals surface area contributed by atoms with Gasteiger partial charge in [0, 0.05) is 5.92 Å². The Morgan fingerprint density at radius 2 is 2.25 bits per heavy atom. The van der Waals surface area contributed by atoms with Gasteiger partial charge in [0.25, 0.3) is 0 Å². The van der Waals surface area contributed by atoms with Crippen molar-refractivity contribution in [3.05, 3.63) is 0 Å². The Labute approximate surface area is 73.4 Å². The molecule has 0 aromatic heterocycles. The molecule has 0 aromatic rings. The minimum Gasteiger partial charge on any atom is -0.277 e. The van der Waals surface area contributed by atoms with Gasteiger partial charge >= 0.3 is 0 Å². The fourth-order valence-electron chi connectivity index (χ4n) is 1.98. The summed E-state index contributed by atoms with van der Waals surface area (Å²) in [6, 6.07) is 0. The highest BCUT2D eigenvalue weighted by Crippen LogP contribution is 2.42. The lowest BCUT2D eigenvalue weighted by Crippen LogP contribution is -2.35. The van der Waals surface area contributed by atoms with Crippen LogP contribution in [-0.4, -0.2) is 13.0 Å². The third-order valence-electron chi connectivity index (χ3n) is 2.78. The molecule has 0 bridgehead atoms. The molecule has 1 unspecified atom stereocenters. The zero-order chi connectivity index (χ0) is 9.19. The SMILES string of the molecule is CONC(=O)C1CCCC1(C)C. The van der Waals surface area contributed by atoms with E-state index < -0.39 is 0 Å². The fourth-order valence-corrected chi connectivity index (χ4v) is 1.98. The molecule has 70 valence electrons. The number of hydrogen-bond donors (Lipinski definition) is 1. The number of hydrogen-bond acceptors (Lipinski definition) is 2. The first-order valence-corrected chi connectivity index (χ1v) is 4.41. The van der Waals surface area contributed by atoms with E-state index >= 15 is 0 Å². The lowest BCUT2D eigenvalue weighted by molar-refractivity contribution is -0.138. The zero-order valence-electron chi connectivity index (χ0n) is 8.02. The van der Waals surface area contributed by atoms with Gasteiger partial charge < -0.3 is 0 Å². The van der Waals surface area contributed by atoms with Gasteiger partial charge in [-0.25, -0.2) is 5.48 Å². The molecule has 0 radical (unpaired) electrons. The van der Waals surface area contributed by atoms with Crippen LogP contribution in [0.3, 0.4) is 0 Å². The van der Waals surface area contributed by atoms with Crippen molar-refractivity contribution in [2.45, 2.75) is 33.1 Å². The third-order valence-corrected chi connectivity index (χ3v) is 2.78. The van der Waals surface area contributed by atoms with Crippen LogP contribution in [-0.2, 0) is 9.63 Å². The first kappa shape index (κ1) is 9.52. The summed E-state index contributed by atoms with van der Waals surface area (Å²) in [6.45, 7) is 4.28. The Bertz CT molecular complexity index is 177. The van der Waals surface area contributed by atoms with E-state index in [4.69, 9.17) is 0 Å². The molecular formula is C9H17NO2. The highest BCUT2D eigenvalue weighted by molar-refractivity contribution is 5.78. The van der Waals surface area contributed by atoms with Gasteiger partial charge in [0.15, 0.2) is 0 Å². The Morgan fingerprint density at radius 1 is 1.58 bits per heavy atom. The lowest BCUT2D eigenvalue weighted by atomic mass is 9.81. The molecule has 1 amide bonds. The van der Waals surface area contributed by atoms with Crippen LogP contribution in [0.2, 0.25) is 0 Å². The molecule has 1 saturated carbocycles. The largest absolute Gasteiger partial charge is 0.277 e. The van der Waals surface area contributed by atoms with Crippen molar-refractivity contribution in [1.82, 2.24) is 5.48 Å². The van der Waals surface area contributed by atoms with Crippen LogP contribution >= 0.6 is 0 Å². The van der Waals surface area contributed by atoms with Gasteiger partial charge in [-0.2, -0.15) is 0 Å². The Hall–Kier alpha value is -0.570. The van der Waals surface area contributed by atoms with Crippen molar-refractivity contribution in [3.8, 4) is 0 Å². The third kappa shape index (κ3) is 1.78. The molecule has 1 aliphatic rings. The molecule has 1 aliphatic carbocycles. The maximum atomic E-state index is 11.4. The molecule has 0 aromatic carbocycles. The summed E-state index contributed by atoms with van der Waals surface area (Å²) in [5.74, 6) is 0.150. The fraction of sp³-hybridized carbons (Fsp3) is 0.889. The minimum absolute atomic E-state index is 0.0278. The van der Waals surface area contributed by atoms with E-state index in [9.17, 15) is 4.79 Å². The Balaban J connectivity index is 2.56. The van der Waals surface area contributed by atoms with E-state index in [0.29, 0.717) is 0 Å². The Kier molecular flexibility index (Phi) is 2.73. The van der Waals surface area contributed by atoms with E-state index in [1.165, 1.54) is 7.11 Å². The summed E-state index contributed by atoms with van der Waals surface area (Å²) in [4.78, 5) is 16.0. The maximum Gasteiger partial charge on any atom is 0.247 e. The number of amides is 1. The number of rotatable bonds is 2. The second kappa shape index (κ2) is 3.44. The van der Waals surface area contributed by atoms with Gasteiger partial charge in [-0.15, -0.1) is 0 Å². The summed E-state index contributed by atoms with van der Waals surface area (Å²) in [6.07, 6.45) is 3.27. The number of carbonyl (C=O) groups excluding carboxylic acids is 1. The van der Waals surface area contributed by atoms with E-state index in [-0.39, 0.29) is 17.2 Å². The minimum atomic E-state index is 0.0278. The number of carbonyl (C=O) groups is 1. The molecule has 0 aliphatic heterocycles. The highest BCUT2D eigenvalue weighted by Gasteiger charge is 2.39. The molecule has 1 rings (SSSR count). The van der Waals surface area contributed by atoms with E-state index in [2.05, 4.69) is 24.2 Å². The average Bonchev–Trinajstić information content (AvgIpc) is 2.30. The van der Waals surface area contributed by atoms with Crippen LogP contribution in [0, 0.1) is 11.3 Å². The molecule has 1 fully saturated rings. The molecule has 0 heterocycles. The predicted molar refractivity (Wildman–Crippen MR) is 46.3 cm³/mol.